The van der Waals surface area contributed by atoms with Crippen molar-refractivity contribution in [3.63, 3.8) is 0 Å². The lowest BCUT2D eigenvalue weighted by Gasteiger charge is -2.24. The Morgan fingerprint density at radius 1 is 1.50 bits per heavy atom. The molecule has 0 saturated carbocycles. The van der Waals surface area contributed by atoms with Crippen LogP contribution in [-0.2, 0) is 4.79 Å². The fraction of sp³-hybridized carbons (Fsp3) is 0.462. The van der Waals surface area contributed by atoms with Crippen molar-refractivity contribution in [2.24, 2.45) is 0 Å². The molecule has 2 atom stereocenters. The highest BCUT2D eigenvalue weighted by atomic mass is 16.5. The molecule has 2 unspecified atom stereocenters. The highest BCUT2D eigenvalue weighted by Gasteiger charge is 2.24. The van der Waals surface area contributed by atoms with E-state index in [0.717, 1.165) is 0 Å². The van der Waals surface area contributed by atoms with Crippen LogP contribution in [0.15, 0.2) is 18.2 Å². The van der Waals surface area contributed by atoms with Crippen molar-refractivity contribution in [2.75, 3.05) is 11.9 Å². The second kappa shape index (κ2) is 5.37. The Bertz CT molecular complexity index is 447. The molecule has 0 bridgehead atoms. The number of hydrogen-bond donors (Lipinski definition) is 3. The molecule has 1 amide bonds. The van der Waals surface area contributed by atoms with E-state index in [1.54, 1.807) is 25.1 Å². The molecule has 1 aliphatic rings. The zero-order valence-corrected chi connectivity index (χ0v) is 10.2. The largest absolute Gasteiger partial charge is 0.479 e. The van der Waals surface area contributed by atoms with Gasteiger partial charge in [-0.25, -0.2) is 0 Å². The minimum atomic E-state index is -0.640. The third-order valence-corrected chi connectivity index (χ3v) is 2.95. The van der Waals surface area contributed by atoms with Crippen LogP contribution in [0.4, 0.5) is 5.69 Å². The molecule has 5 heteroatoms. The van der Waals surface area contributed by atoms with E-state index >= 15 is 0 Å². The maximum atomic E-state index is 11.5. The van der Waals surface area contributed by atoms with Crippen molar-refractivity contribution >= 4 is 11.6 Å². The molecule has 98 valence electrons. The van der Waals surface area contributed by atoms with Gasteiger partial charge in [-0.05, 0) is 37.5 Å². The maximum absolute atomic E-state index is 11.5. The third-order valence-electron chi connectivity index (χ3n) is 2.95. The average molecular weight is 251 g/mol. The Balaban J connectivity index is 2.17. The predicted molar refractivity (Wildman–Crippen MR) is 66.4 cm³/mol. The smallest absolute Gasteiger partial charge is 0.265 e. The Morgan fingerprint density at radius 2 is 2.28 bits per heavy atom. The molecule has 0 spiro atoms. The first kappa shape index (κ1) is 12.9. The van der Waals surface area contributed by atoms with E-state index in [4.69, 9.17) is 9.84 Å². The van der Waals surface area contributed by atoms with Crippen molar-refractivity contribution in [2.45, 2.75) is 32.0 Å². The van der Waals surface area contributed by atoms with Crippen molar-refractivity contribution in [3.05, 3.63) is 23.8 Å². The van der Waals surface area contributed by atoms with Gasteiger partial charge in [0.2, 0.25) is 0 Å². The number of nitrogens with one attached hydrogen (secondary N) is 1. The van der Waals surface area contributed by atoms with Crippen LogP contribution in [0, 0.1) is 0 Å². The number of amides is 1. The highest BCUT2D eigenvalue weighted by Crippen LogP contribution is 2.32. The quantitative estimate of drug-likeness (QED) is 0.751. The van der Waals surface area contributed by atoms with Gasteiger partial charge in [-0.2, -0.15) is 0 Å². The van der Waals surface area contributed by atoms with E-state index in [2.05, 4.69) is 5.32 Å². The van der Waals surface area contributed by atoms with Crippen LogP contribution in [0.25, 0.3) is 0 Å². The first-order valence-electron chi connectivity index (χ1n) is 6.02. The molecule has 3 N–H and O–H groups in total. The summed E-state index contributed by atoms with van der Waals surface area (Å²) in [5.41, 5.74) is 1.29. The number of fused-ring (bicyclic) bond motifs is 1. The van der Waals surface area contributed by atoms with Gasteiger partial charge in [0.25, 0.3) is 5.91 Å². The standard InChI is InChI=1S/C13H17NO4/c1-8-13(17)14-10-7-9(4-5-12(10)18-8)11(16)3-2-6-15/h4-5,7-8,11,15-16H,2-3,6H2,1H3,(H,14,17). The van der Waals surface area contributed by atoms with Gasteiger partial charge in [0.15, 0.2) is 6.10 Å². The summed E-state index contributed by atoms with van der Waals surface area (Å²) < 4.78 is 5.43. The van der Waals surface area contributed by atoms with Gasteiger partial charge in [-0.1, -0.05) is 6.07 Å². The Hall–Kier alpha value is -1.59. The van der Waals surface area contributed by atoms with Crippen LogP contribution in [0.1, 0.15) is 31.4 Å². The van der Waals surface area contributed by atoms with Gasteiger partial charge in [0, 0.05) is 6.61 Å². The normalized spacial score (nSPS) is 19.7. The lowest BCUT2D eigenvalue weighted by atomic mass is 10.0. The van der Waals surface area contributed by atoms with E-state index in [9.17, 15) is 9.90 Å². The van der Waals surface area contributed by atoms with Crippen LogP contribution in [0.5, 0.6) is 5.75 Å². The number of rotatable bonds is 4. The van der Waals surface area contributed by atoms with Crippen molar-refractivity contribution in [1.29, 1.82) is 0 Å². The molecule has 0 saturated heterocycles. The number of anilines is 1. The minimum absolute atomic E-state index is 0.0549. The van der Waals surface area contributed by atoms with Gasteiger partial charge in [-0.15, -0.1) is 0 Å². The lowest BCUT2D eigenvalue weighted by molar-refractivity contribution is -0.122. The van der Waals surface area contributed by atoms with Crippen LogP contribution in [0.2, 0.25) is 0 Å². The van der Waals surface area contributed by atoms with Gasteiger partial charge in [-0.3, -0.25) is 4.79 Å². The second-order valence-corrected chi connectivity index (χ2v) is 4.39. The van der Waals surface area contributed by atoms with E-state index < -0.39 is 12.2 Å². The van der Waals surface area contributed by atoms with Gasteiger partial charge < -0.3 is 20.3 Å². The first-order chi connectivity index (χ1) is 8.61. The monoisotopic (exact) mass is 251 g/mol. The second-order valence-electron chi connectivity index (χ2n) is 4.39. The molecule has 0 fully saturated rings. The fourth-order valence-corrected chi connectivity index (χ4v) is 1.88. The zero-order valence-electron chi connectivity index (χ0n) is 10.2. The molecule has 1 aliphatic heterocycles. The van der Waals surface area contributed by atoms with E-state index in [1.165, 1.54) is 0 Å². The Morgan fingerprint density at radius 3 is 3.00 bits per heavy atom. The SMILES string of the molecule is CC1Oc2ccc(C(O)CCCO)cc2NC1=O. The molecule has 1 aromatic rings. The number of aliphatic hydroxyl groups is 2. The van der Waals surface area contributed by atoms with E-state index in [-0.39, 0.29) is 12.5 Å². The molecule has 1 heterocycles. The number of hydrogen-bond acceptors (Lipinski definition) is 4. The van der Waals surface area contributed by atoms with Gasteiger partial charge >= 0.3 is 0 Å². The Labute approximate surface area is 105 Å². The molecule has 18 heavy (non-hydrogen) atoms. The molecule has 0 aromatic heterocycles. The molecule has 0 aliphatic carbocycles. The van der Waals surface area contributed by atoms with E-state index in [1.807, 2.05) is 0 Å². The van der Waals surface area contributed by atoms with Crippen molar-refractivity contribution in [3.8, 4) is 5.75 Å². The minimum Gasteiger partial charge on any atom is -0.479 e. The van der Waals surface area contributed by atoms with Crippen LogP contribution >= 0.6 is 0 Å². The zero-order chi connectivity index (χ0) is 13.1. The highest BCUT2D eigenvalue weighted by molar-refractivity contribution is 5.97. The summed E-state index contributed by atoms with van der Waals surface area (Å²) in [5, 5.41) is 21.4. The Kier molecular flexibility index (Phi) is 3.84. The summed E-state index contributed by atoms with van der Waals surface area (Å²) in [6.07, 6.45) is -0.111. The number of carbonyl (C=O) groups is 1. The molecule has 1 aromatic carbocycles. The van der Waals surface area contributed by atoms with Gasteiger partial charge in [0.05, 0.1) is 11.8 Å². The number of ether oxygens (including phenoxy) is 1. The molecule has 5 nitrogen and oxygen atoms in total. The predicted octanol–water partition coefficient (Wildman–Crippen LogP) is 1.21. The van der Waals surface area contributed by atoms with Gasteiger partial charge in [0.1, 0.15) is 5.75 Å². The molecule has 2 rings (SSSR count). The topological polar surface area (TPSA) is 78.8 Å². The third kappa shape index (κ3) is 2.63. The van der Waals surface area contributed by atoms with Crippen LogP contribution < -0.4 is 10.1 Å². The first-order valence-corrected chi connectivity index (χ1v) is 6.02. The van der Waals surface area contributed by atoms with Crippen LogP contribution in [-0.4, -0.2) is 28.8 Å². The number of carbonyl (C=O) groups excluding carboxylic acids is 1. The molecular formula is C13H17NO4. The molecular weight excluding hydrogens is 234 g/mol. The summed E-state index contributed by atoms with van der Waals surface area (Å²) in [6, 6.07) is 5.22. The van der Waals surface area contributed by atoms with Crippen molar-refractivity contribution < 1.29 is 19.7 Å². The summed E-state index contributed by atoms with van der Waals surface area (Å²) in [6.45, 7) is 1.74. The maximum Gasteiger partial charge on any atom is 0.265 e. The molecule has 0 radical (unpaired) electrons. The summed E-state index contributed by atoms with van der Waals surface area (Å²) >= 11 is 0. The summed E-state index contributed by atoms with van der Waals surface area (Å²) in [7, 11) is 0. The summed E-state index contributed by atoms with van der Waals surface area (Å²) in [4.78, 5) is 11.5. The number of benzene rings is 1. The lowest BCUT2D eigenvalue weighted by Crippen LogP contribution is -2.34. The number of aliphatic hydroxyl groups excluding tert-OH is 2. The average Bonchev–Trinajstić information content (AvgIpc) is 2.36. The summed E-state index contributed by atoms with van der Waals surface area (Å²) in [5.74, 6) is 0.421. The fourth-order valence-electron chi connectivity index (χ4n) is 1.88. The van der Waals surface area contributed by atoms with Crippen molar-refractivity contribution in [1.82, 2.24) is 0 Å². The van der Waals surface area contributed by atoms with Crippen LogP contribution in [0.3, 0.4) is 0 Å². The van der Waals surface area contributed by atoms with E-state index in [0.29, 0.717) is 29.8 Å².